The van der Waals surface area contributed by atoms with Crippen molar-refractivity contribution in [2.24, 2.45) is 0 Å². The summed E-state index contributed by atoms with van der Waals surface area (Å²) in [7, 11) is 0. The summed E-state index contributed by atoms with van der Waals surface area (Å²) in [6.45, 7) is 0. The summed E-state index contributed by atoms with van der Waals surface area (Å²) < 4.78 is 0. The van der Waals surface area contributed by atoms with Crippen LogP contribution in [0, 0.1) is 0 Å². The molecule has 0 atom stereocenters. The Labute approximate surface area is 65.7 Å². The zero-order chi connectivity index (χ0) is 5.98. The maximum absolute atomic E-state index is 10.5. The van der Waals surface area contributed by atoms with Crippen molar-refractivity contribution in [1.82, 2.24) is 0 Å². The average molecular weight is 162 g/mol. The summed E-state index contributed by atoms with van der Waals surface area (Å²) in [5, 5.41) is 10.8. The first-order valence-electron chi connectivity index (χ1n) is 2.22. The van der Waals surface area contributed by atoms with E-state index in [4.69, 9.17) is 11.6 Å². The Kier molecular flexibility index (Phi) is 3.50. The van der Waals surface area contributed by atoms with Crippen LogP contribution < -0.4 is 0 Å². The standard InChI is InChI=1S/C6H4ClO.H2S/c7-5-3-1-2-4-6(5)8;/h1-4H;1H2. The number of para-hydroxylation sites is 1. The Balaban J connectivity index is 0.000000640. The first-order chi connectivity index (χ1) is 3.80. The van der Waals surface area contributed by atoms with Gasteiger partial charge in [-0.3, -0.25) is 5.11 Å². The molecule has 0 N–H and O–H groups in total. The molecule has 0 heterocycles. The monoisotopic (exact) mass is 161 g/mol. The van der Waals surface area contributed by atoms with Crippen molar-refractivity contribution in [2.45, 2.75) is 0 Å². The summed E-state index contributed by atoms with van der Waals surface area (Å²) >= 11 is 5.40. The summed E-state index contributed by atoms with van der Waals surface area (Å²) in [4.78, 5) is 0. The number of hydrogen-bond donors (Lipinski definition) is 0. The van der Waals surface area contributed by atoms with Gasteiger partial charge >= 0.3 is 0 Å². The fraction of sp³-hybridized carbons (Fsp3) is 0. The van der Waals surface area contributed by atoms with Gasteiger partial charge in [0.1, 0.15) is 0 Å². The second-order valence-electron chi connectivity index (χ2n) is 1.43. The number of hydrogen-bond acceptors (Lipinski definition) is 0. The summed E-state index contributed by atoms with van der Waals surface area (Å²) in [6.07, 6.45) is 0. The second-order valence-corrected chi connectivity index (χ2v) is 1.84. The molecule has 49 valence electrons. The van der Waals surface area contributed by atoms with E-state index in [1.165, 1.54) is 6.07 Å². The molecule has 0 aromatic heterocycles. The van der Waals surface area contributed by atoms with E-state index in [0.717, 1.165) is 0 Å². The SMILES string of the molecule is S.[O]c1ccccc1Cl. The van der Waals surface area contributed by atoms with E-state index in [9.17, 15) is 5.11 Å². The largest absolute Gasteiger partial charge is 0.288 e. The van der Waals surface area contributed by atoms with Gasteiger partial charge in [-0.1, -0.05) is 23.7 Å². The molecule has 0 fully saturated rings. The maximum atomic E-state index is 10.5. The normalized spacial score (nSPS) is 8.11. The molecule has 0 spiro atoms. The van der Waals surface area contributed by atoms with Gasteiger partial charge in [-0.2, -0.15) is 13.5 Å². The van der Waals surface area contributed by atoms with Crippen LogP contribution in [0.4, 0.5) is 0 Å². The van der Waals surface area contributed by atoms with Gasteiger partial charge < -0.3 is 0 Å². The van der Waals surface area contributed by atoms with E-state index in [1.54, 1.807) is 18.2 Å². The second kappa shape index (κ2) is 3.64. The van der Waals surface area contributed by atoms with Crippen LogP contribution >= 0.6 is 25.1 Å². The van der Waals surface area contributed by atoms with Crippen LogP contribution in [-0.2, 0) is 5.11 Å². The van der Waals surface area contributed by atoms with Crippen molar-refractivity contribution in [1.29, 1.82) is 0 Å². The third kappa shape index (κ3) is 2.16. The van der Waals surface area contributed by atoms with Crippen molar-refractivity contribution < 1.29 is 5.11 Å². The topological polar surface area (TPSA) is 19.9 Å². The lowest BCUT2D eigenvalue weighted by molar-refractivity contribution is 0.355. The van der Waals surface area contributed by atoms with Gasteiger partial charge in [-0.15, -0.1) is 0 Å². The Bertz CT molecular complexity index is 169. The molecule has 0 aliphatic carbocycles. The van der Waals surface area contributed by atoms with Crippen molar-refractivity contribution in [2.75, 3.05) is 0 Å². The van der Waals surface area contributed by atoms with Gasteiger partial charge in [0.25, 0.3) is 0 Å². The highest BCUT2D eigenvalue weighted by molar-refractivity contribution is 7.59. The quantitative estimate of drug-likeness (QED) is 0.558. The molecule has 3 heteroatoms. The molecule has 1 radical (unpaired) electrons. The van der Waals surface area contributed by atoms with Crippen molar-refractivity contribution in [3.63, 3.8) is 0 Å². The van der Waals surface area contributed by atoms with Crippen LogP contribution in [0.2, 0.25) is 5.02 Å². The van der Waals surface area contributed by atoms with Crippen molar-refractivity contribution in [3.05, 3.63) is 29.3 Å². The highest BCUT2D eigenvalue weighted by atomic mass is 35.5. The molecule has 1 rings (SSSR count). The Morgan fingerprint density at radius 2 is 1.78 bits per heavy atom. The summed E-state index contributed by atoms with van der Waals surface area (Å²) in [5.41, 5.74) is 0. The van der Waals surface area contributed by atoms with Crippen LogP contribution in [0.1, 0.15) is 0 Å². The highest BCUT2D eigenvalue weighted by Gasteiger charge is 1.92. The van der Waals surface area contributed by atoms with Gasteiger partial charge in [0.05, 0.1) is 5.02 Å². The van der Waals surface area contributed by atoms with E-state index in [0.29, 0.717) is 0 Å². The first kappa shape index (κ1) is 8.66. The number of halogens is 1. The number of rotatable bonds is 0. The first-order valence-corrected chi connectivity index (χ1v) is 2.60. The lowest BCUT2D eigenvalue weighted by atomic mass is 10.3. The van der Waals surface area contributed by atoms with Crippen molar-refractivity contribution in [3.8, 4) is 5.75 Å². The smallest absolute Gasteiger partial charge is 0.197 e. The van der Waals surface area contributed by atoms with Crippen molar-refractivity contribution >= 4 is 25.1 Å². The molecule has 0 unspecified atom stereocenters. The van der Waals surface area contributed by atoms with Gasteiger partial charge in [0.2, 0.25) is 0 Å². The molecule has 0 saturated carbocycles. The maximum Gasteiger partial charge on any atom is 0.197 e. The molecule has 0 aliphatic rings. The minimum atomic E-state index is -0.117. The Hall–Kier alpha value is -0.340. The Morgan fingerprint density at radius 1 is 1.22 bits per heavy atom. The minimum absolute atomic E-state index is 0. The predicted octanol–water partition coefficient (Wildman–Crippen LogP) is 2.60. The van der Waals surface area contributed by atoms with E-state index >= 15 is 0 Å². The Morgan fingerprint density at radius 3 is 2.11 bits per heavy atom. The summed E-state index contributed by atoms with van der Waals surface area (Å²) in [6, 6.07) is 6.39. The van der Waals surface area contributed by atoms with Crippen LogP contribution in [0.25, 0.3) is 0 Å². The van der Waals surface area contributed by atoms with E-state index in [2.05, 4.69) is 0 Å². The van der Waals surface area contributed by atoms with Crippen LogP contribution in [0.15, 0.2) is 24.3 Å². The van der Waals surface area contributed by atoms with Crippen LogP contribution in [0.5, 0.6) is 5.75 Å². The molecule has 0 saturated heterocycles. The van der Waals surface area contributed by atoms with E-state index in [1.807, 2.05) is 0 Å². The van der Waals surface area contributed by atoms with Gasteiger partial charge in [-0.25, -0.2) is 0 Å². The fourth-order valence-electron chi connectivity index (χ4n) is 0.445. The fourth-order valence-corrected chi connectivity index (χ4v) is 0.580. The molecular formula is C6H6ClOS. The lowest BCUT2D eigenvalue weighted by Gasteiger charge is -1.85. The van der Waals surface area contributed by atoms with Gasteiger partial charge in [0.15, 0.2) is 5.75 Å². The van der Waals surface area contributed by atoms with E-state index in [-0.39, 0.29) is 24.3 Å². The molecule has 1 nitrogen and oxygen atoms in total. The lowest BCUT2D eigenvalue weighted by Crippen LogP contribution is -1.60. The zero-order valence-electron chi connectivity index (χ0n) is 4.60. The molecule has 0 bridgehead atoms. The molecule has 1 aromatic carbocycles. The highest BCUT2D eigenvalue weighted by Crippen LogP contribution is 2.21. The van der Waals surface area contributed by atoms with Crippen LogP contribution in [0.3, 0.4) is 0 Å². The average Bonchev–Trinajstić information content (AvgIpc) is 1.77. The zero-order valence-corrected chi connectivity index (χ0v) is 6.35. The molecule has 0 aliphatic heterocycles. The summed E-state index contributed by atoms with van der Waals surface area (Å²) in [5.74, 6) is -0.117. The van der Waals surface area contributed by atoms with E-state index < -0.39 is 0 Å². The minimum Gasteiger partial charge on any atom is -0.288 e. The third-order valence-electron chi connectivity index (χ3n) is 0.837. The third-order valence-corrected chi connectivity index (χ3v) is 1.15. The van der Waals surface area contributed by atoms with Crippen LogP contribution in [-0.4, -0.2) is 0 Å². The van der Waals surface area contributed by atoms with Gasteiger partial charge in [-0.05, 0) is 12.1 Å². The molecule has 9 heavy (non-hydrogen) atoms. The molecule has 0 amide bonds. The van der Waals surface area contributed by atoms with Gasteiger partial charge in [0, 0.05) is 0 Å². The number of benzene rings is 1. The predicted molar refractivity (Wildman–Crippen MR) is 42.0 cm³/mol. The molecular weight excluding hydrogens is 156 g/mol. The molecule has 1 aromatic rings.